The summed E-state index contributed by atoms with van der Waals surface area (Å²) in [5.41, 5.74) is 1.53. The summed E-state index contributed by atoms with van der Waals surface area (Å²) in [4.78, 5) is 12.1. The first-order chi connectivity index (χ1) is 11.3. The van der Waals surface area contributed by atoms with Gasteiger partial charge in [-0.25, -0.2) is 4.79 Å². The van der Waals surface area contributed by atoms with Gasteiger partial charge in [0.15, 0.2) is 11.5 Å². The Balaban J connectivity index is 1.58. The molecule has 0 atom stereocenters. The van der Waals surface area contributed by atoms with E-state index in [0.717, 1.165) is 12.0 Å². The molecular weight excluding hydrogens is 292 g/mol. The summed E-state index contributed by atoms with van der Waals surface area (Å²) in [5, 5.41) is 0. The fraction of sp³-hybridized carbons (Fsp3) is 0.211. The zero-order valence-corrected chi connectivity index (χ0v) is 12.7. The van der Waals surface area contributed by atoms with Gasteiger partial charge in [-0.2, -0.15) is 0 Å². The lowest BCUT2D eigenvalue weighted by Gasteiger charge is -2.08. The van der Waals surface area contributed by atoms with E-state index in [-0.39, 0.29) is 12.6 Å². The standard InChI is InChI=1S/C19H18O4/c20-19(23-11-4-8-15-6-2-1-3-7-15)16-9-10-17-18(14-16)22-13-5-12-21-17/h1-4,6-10,14H,5,11-13H2. The van der Waals surface area contributed by atoms with Crippen molar-refractivity contribution in [2.24, 2.45) is 0 Å². The summed E-state index contributed by atoms with van der Waals surface area (Å²) in [6.07, 6.45) is 4.57. The van der Waals surface area contributed by atoms with Crippen LogP contribution in [0, 0.1) is 0 Å². The Morgan fingerprint density at radius 1 is 1.04 bits per heavy atom. The third kappa shape index (κ3) is 4.13. The Bertz CT molecular complexity index is 692. The van der Waals surface area contributed by atoms with Gasteiger partial charge in [0, 0.05) is 6.42 Å². The molecule has 0 bridgehead atoms. The predicted octanol–water partition coefficient (Wildman–Crippen LogP) is 3.72. The van der Waals surface area contributed by atoms with Gasteiger partial charge in [0.05, 0.1) is 18.8 Å². The van der Waals surface area contributed by atoms with Crippen molar-refractivity contribution in [3.8, 4) is 11.5 Å². The average molecular weight is 310 g/mol. The molecule has 4 heteroatoms. The minimum Gasteiger partial charge on any atom is -0.490 e. The smallest absolute Gasteiger partial charge is 0.338 e. The summed E-state index contributed by atoms with van der Waals surface area (Å²) >= 11 is 0. The SMILES string of the molecule is O=C(OCC=Cc1ccccc1)c1ccc2c(c1)OCCCO2. The Labute approximate surface area is 135 Å². The molecular formula is C19H18O4. The molecule has 23 heavy (non-hydrogen) atoms. The van der Waals surface area contributed by atoms with Crippen LogP contribution in [-0.2, 0) is 4.74 Å². The lowest BCUT2D eigenvalue weighted by atomic mass is 10.2. The summed E-state index contributed by atoms with van der Waals surface area (Å²) in [5.74, 6) is 0.887. The fourth-order valence-electron chi connectivity index (χ4n) is 2.25. The molecule has 0 N–H and O–H groups in total. The molecule has 0 saturated heterocycles. The van der Waals surface area contributed by atoms with E-state index in [1.807, 2.05) is 42.5 Å². The van der Waals surface area contributed by atoms with Gasteiger partial charge in [-0.1, -0.05) is 36.4 Å². The van der Waals surface area contributed by atoms with Crippen molar-refractivity contribution in [3.05, 3.63) is 65.7 Å². The lowest BCUT2D eigenvalue weighted by molar-refractivity contribution is 0.0549. The second kappa shape index (κ2) is 7.49. The van der Waals surface area contributed by atoms with E-state index in [2.05, 4.69) is 0 Å². The normalized spacial score (nSPS) is 13.6. The van der Waals surface area contributed by atoms with Crippen LogP contribution in [0.1, 0.15) is 22.3 Å². The maximum absolute atomic E-state index is 12.1. The molecule has 0 fully saturated rings. The van der Waals surface area contributed by atoms with Crippen molar-refractivity contribution in [2.45, 2.75) is 6.42 Å². The number of ether oxygens (including phenoxy) is 3. The molecule has 0 unspecified atom stereocenters. The Hall–Kier alpha value is -2.75. The molecule has 1 heterocycles. The Morgan fingerprint density at radius 2 is 1.83 bits per heavy atom. The maximum Gasteiger partial charge on any atom is 0.338 e. The van der Waals surface area contributed by atoms with Crippen LogP contribution in [0.3, 0.4) is 0 Å². The third-order valence-corrected chi connectivity index (χ3v) is 3.40. The average Bonchev–Trinajstić information content (AvgIpc) is 2.84. The van der Waals surface area contributed by atoms with Crippen LogP contribution >= 0.6 is 0 Å². The van der Waals surface area contributed by atoms with E-state index in [1.54, 1.807) is 18.2 Å². The van der Waals surface area contributed by atoms with E-state index >= 15 is 0 Å². The monoisotopic (exact) mass is 310 g/mol. The molecule has 0 radical (unpaired) electrons. The highest BCUT2D eigenvalue weighted by molar-refractivity contribution is 5.90. The number of rotatable bonds is 4. The highest BCUT2D eigenvalue weighted by Gasteiger charge is 2.14. The second-order valence-electron chi connectivity index (χ2n) is 5.12. The van der Waals surface area contributed by atoms with Gasteiger partial charge in [-0.15, -0.1) is 0 Å². The van der Waals surface area contributed by atoms with Gasteiger partial charge >= 0.3 is 5.97 Å². The van der Waals surface area contributed by atoms with E-state index in [1.165, 1.54) is 0 Å². The van der Waals surface area contributed by atoms with Gasteiger partial charge in [0.2, 0.25) is 0 Å². The molecule has 0 saturated carbocycles. The molecule has 0 aromatic heterocycles. The van der Waals surface area contributed by atoms with Crippen LogP contribution in [-0.4, -0.2) is 25.8 Å². The number of esters is 1. The van der Waals surface area contributed by atoms with Crippen molar-refractivity contribution >= 4 is 12.0 Å². The fourth-order valence-corrected chi connectivity index (χ4v) is 2.25. The second-order valence-corrected chi connectivity index (χ2v) is 5.12. The number of hydrogen-bond donors (Lipinski definition) is 0. The molecule has 0 aliphatic carbocycles. The number of fused-ring (bicyclic) bond motifs is 1. The topological polar surface area (TPSA) is 44.8 Å². The van der Waals surface area contributed by atoms with Crippen LogP contribution in [0.2, 0.25) is 0 Å². The summed E-state index contributed by atoms with van der Waals surface area (Å²) in [7, 11) is 0. The molecule has 0 spiro atoms. The minimum atomic E-state index is -0.377. The van der Waals surface area contributed by atoms with Crippen molar-refractivity contribution < 1.29 is 19.0 Å². The van der Waals surface area contributed by atoms with Gasteiger partial charge in [0.25, 0.3) is 0 Å². The molecule has 2 aromatic carbocycles. The largest absolute Gasteiger partial charge is 0.490 e. The number of hydrogen-bond acceptors (Lipinski definition) is 4. The number of carbonyl (C=O) groups excluding carboxylic acids is 1. The quantitative estimate of drug-likeness (QED) is 0.807. The van der Waals surface area contributed by atoms with Gasteiger partial charge in [0.1, 0.15) is 6.61 Å². The Kier molecular flexibility index (Phi) is 4.94. The highest BCUT2D eigenvalue weighted by Crippen LogP contribution is 2.30. The third-order valence-electron chi connectivity index (χ3n) is 3.40. The minimum absolute atomic E-state index is 0.224. The molecule has 118 valence electrons. The maximum atomic E-state index is 12.1. The zero-order chi connectivity index (χ0) is 15.9. The molecule has 1 aliphatic heterocycles. The van der Waals surface area contributed by atoms with Crippen molar-refractivity contribution in [1.82, 2.24) is 0 Å². The van der Waals surface area contributed by atoms with Crippen LogP contribution in [0.25, 0.3) is 6.08 Å². The van der Waals surface area contributed by atoms with Crippen molar-refractivity contribution in [2.75, 3.05) is 19.8 Å². The summed E-state index contributed by atoms with van der Waals surface area (Å²) in [6, 6.07) is 15.0. The van der Waals surface area contributed by atoms with Crippen LogP contribution < -0.4 is 9.47 Å². The van der Waals surface area contributed by atoms with E-state index in [9.17, 15) is 4.79 Å². The molecule has 3 rings (SSSR count). The Morgan fingerprint density at radius 3 is 2.65 bits per heavy atom. The first kappa shape index (κ1) is 15.2. The summed E-state index contributed by atoms with van der Waals surface area (Å²) < 4.78 is 16.4. The van der Waals surface area contributed by atoms with Gasteiger partial charge in [-0.3, -0.25) is 0 Å². The highest BCUT2D eigenvalue weighted by atomic mass is 16.5. The first-order valence-electron chi connectivity index (χ1n) is 7.61. The van der Waals surface area contributed by atoms with Crippen LogP contribution in [0.4, 0.5) is 0 Å². The zero-order valence-electron chi connectivity index (χ0n) is 12.7. The molecule has 1 aliphatic rings. The lowest BCUT2D eigenvalue weighted by Crippen LogP contribution is -2.05. The van der Waals surface area contributed by atoms with Crippen molar-refractivity contribution in [1.29, 1.82) is 0 Å². The van der Waals surface area contributed by atoms with Crippen molar-refractivity contribution in [3.63, 3.8) is 0 Å². The van der Waals surface area contributed by atoms with Gasteiger partial charge < -0.3 is 14.2 Å². The molecule has 4 nitrogen and oxygen atoms in total. The van der Waals surface area contributed by atoms with Gasteiger partial charge in [-0.05, 0) is 29.8 Å². The van der Waals surface area contributed by atoms with E-state index in [4.69, 9.17) is 14.2 Å². The first-order valence-corrected chi connectivity index (χ1v) is 7.61. The predicted molar refractivity (Wildman–Crippen MR) is 87.8 cm³/mol. The molecule has 0 amide bonds. The molecule has 2 aromatic rings. The van der Waals surface area contributed by atoms with E-state index in [0.29, 0.717) is 30.3 Å². The number of benzene rings is 2. The number of carbonyl (C=O) groups is 1. The van der Waals surface area contributed by atoms with Crippen LogP contribution in [0.15, 0.2) is 54.6 Å². The van der Waals surface area contributed by atoms with Crippen LogP contribution in [0.5, 0.6) is 11.5 Å². The summed E-state index contributed by atoms with van der Waals surface area (Å²) in [6.45, 7) is 1.44. The van der Waals surface area contributed by atoms with E-state index < -0.39 is 0 Å².